The van der Waals surface area contributed by atoms with E-state index in [1.807, 2.05) is 0 Å². The Morgan fingerprint density at radius 1 is 1.24 bits per heavy atom. The monoisotopic (exact) mass is 235 g/mol. The summed E-state index contributed by atoms with van der Waals surface area (Å²) >= 11 is 0. The number of carboxylic acids is 1. The normalized spacial score (nSPS) is 44.1. The first-order valence-electron chi connectivity index (χ1n) is 6.40. The average molecular weight is 235 g/mol. The number of rotatable bonds is 3. The molecule has 1 atom stereocenters. The standard InChI is InChI=1S/C12H17N3O2/c13-15-14-10(11(16)17)12-4-7-1-8(5-12)3-9(2-7)6-12/h7-10H,1-6H2,(H,16,17)/t7?,8?,9?,10-,12?/m1/s1. The van der Waals surface area contributed by atoms with Crippen LogP contribution in [-0.2, 0) is 4.79 Å². The molecule has 92 valence electrons. The van der Waals surface area contributed by atoms with Crippen LogP contribution in [0.1, 0.15) is 38.5 Å². The molecule has 0 aliphatic heterocycles. The smallest absolute Gasteiger partial charge is 0.313 e. The molecule has 0 unspecified atom stereocenters. The van der Waals surface area contributed by atoms with Gasteiger partial charge in [0.2, 0.25) is 0 Å². The molecule has 4 rings (SSSR count). The molecule has 4 aliphatic rings. The highest BCUT2D eigenvalue weighted by Gasteiger charge is 2.55. The molecule has 0 aromatic heterocycles. The summed E-state index contributed by atoms with van der Waals surface area (Å²) in [5.74, 6) is 1.09. The number of nitrogens with zero attached hydrogens (tertiary/aromatic N) is 3. The molecule has 17 heavy (non-hydrogen) atoms. The lowest BCUT2D eigenvalue weighted by Crippen LogP contribution is -2.53. The van der Waals surface area contributed by atoms with E-state index < -0.39 is 12.0 Å². The van der Waals surface area contributed by atoms with Crippen LogP contribution >= 0.6 is 0 Å². The largest absolute Gasteiger partial charge is 0.481 e. The predicted molar refractivity (Wildman–Crippen MR) is 61.2 cm³/mol. The van der Waals surface area contributed by atoms with Gasteiger partial charge in [0.15, 0.2) is 0 Å². The van der Waals surface area contributed by atoms with Crippen molar-refractivity contribution >= 4 is 5.97 Å². The summed E-state index contributed by atoms with van der Waals surface area (Å²) < 4.78 is 0. The van der Waals surface area contributed by atoms with Gasteiger partial charge in [-0.3, -0.25) is 4.79 Å². The minimum absolute atomic E-state index is 0.229. The number of aliphatic carboxylic acids is 1. The van der Waals surface area contributed by atoms with E-state index in [4.69, 9.17) is 5.53 Å². The van der Waals surface area contributed by atoms with Crippen LogP contribution < -0.4 is 0 Å². The van der Waals surface area contributed by atoms with E-state index in [9.17, 15) is 9.90 Å². The van der Waals surface area contributed by atoms with Gasteiger partial charge in [-0.2, -0.15) is 0 Å². The minimum atomic E-state index is -0.940. The van der Waals surface area contributed by atoms with Crippen molar-refractivity contribution in [1.82, 2.24) is 0 Å². The Kier molecular flexibility index (Phi) is 2.33. The van der Waals surface area contributed by atoms with Crippen LogP contribution in [0.5, 0.6) is 0 Å². The van der Waals surface area contributed by atoms with E-state index in [1.165, 1.54) is 19.3 Å². The molecule has 4 fully saturated rings. The first kappa shape index (κ1) is 10.9. The Morgan fingerprint density at radius 2 is 1.71 bits per heavy atom. The molecule has 0 radical (unpaired) electrons. The second-order valence-electron chi connectivity index (χ2n) is 6.23. The van der Waals surface area contributed by atoms with Crippen LogP contribution in [-0.4, -0.2) is 17.1 Å². The van der Waals surface area contributed by atoms with Gasteiger partial charge in [-0.15, -0.1) is 0 Å². The number of carboxylic acid groups (broad SMARTS) is 1. The number of hydrogen-bond donors (Lipinski definition) is 1. The van der Waals surface area contributed by atoms with Crippen LogP contribution in [0.2, 0.25) is 0 Å². The zero-order valence-corrected chi connectivity index (χ0v) is 9.75. The van der Waals surface area contributed by atoms with E-state index in [0.717, 1.165) is 19.3 Å². The molecule has 5 nitrogen and oxygen atoms in total. The van der Waals surface area contributed by atoms with Crippen LogP contribution in [0.15, 0.2) is 5.11 Å². The van der Waals surface area contributed by atoms with E-state index in [-0.39, 0.29) is 5.41 Å². The Bertz CT molecular complexity index is 363. The Hall–Kier alpha value is -1.22. The van der Waals surface area contributed by atoms with E-state index >= 15 is 0 Å². The highest BCUT2D eigenvalue weighted by Crippen LogP contribution is 2.61. The van der Waals surface area contributed by atoms with Gasteiger partial charge >= 0.3 is 5.97 Å². The number of carbonyl (C=O) groups is 1. The van der Waals surface area contributed by atoms with E-state index in [2.05, 4.69) is 10.0 Å². The van der Waals surface area contributed by atoms with Crippen LogP contribution in [0.3, 0.4) is 0 Å². The zero-order valence-electron chi connectivity index (χ0n) is 9.75. The second kappa shape index (κ2) is 3.64. The number of azide groups is 1. The third-order valence-electron chi connectivity index (χ3n) is 5.07. The van der Waals surface area contributed by atoms with E-state index in [0.29, 0.717) is 17.8 Å². The van der Waals surface area contributed by atoms with E-state index in [1.54, 1.807) is 0 Å². The second-order valence-corrected chi connectivity index (χ2v) is 6.23. The summed E-state index contributed by atoms with van der Waals surface area (Å²) in [5, 5.41) is 12.9. The molecule has 0 amide bonds. The molecule has 0 saturated heterocycles. The third kappa shape index (κ3) is 1.61. The predicted octanol–water partition coefficient (Wildman–Crippen LogP) is 2.97. The van der Waals surface area contributed by atoms with Gasteiger partial charge in [0.05, 0.1) is 0 Å². The van der Waals surface area contributed by atoms with Crippen molar-refractivity contribution in [3.8, 4) is 0 Å². The molecule has 4 aliphatic carbocycles. The summed E-state index contributed by atoms with van der Waals surface area (Å²) in [5.41, 5.74) is 8.35. The fraction of sp³-hybridized carbons (Fsp3) is 0.917. The summed E-state index contributed by atoms with van der Waals surface area (Å²) in [4.78, 5) is 14.1. The quantitative estimate of drug-likeness (QED) is 0.463. The fourth-order valence-corrected chi connectivity index (χ4v) is 5.00. The first-order valence-corrected chi connectivity index (χ1v) is 6.40. The van der Waals surface area contributed by atoms with Crippen molar-refractivity contribution in [2.24, 2.45) is 28.3 Å². The highest BCUT2D eigenvalue weighted by atomic mass is 16.4. The van der Waals surface area contributed by atoms with Gasteiger partial charge in [0.1, 0.15) is 6.04 Å². The van der Waals surface area contributed by atoms with Crippen LogP contribution in [0.25, 0.3) is 10.4 Å². The topological polar surface area (TPSA) is 86.1 Å². The molecule has 0 heterocycles. The maximum atomic E-state index is 11.3. The lowest BCUT2D eigenvalue weighted by molar-refractivity contribution is -0.149. The maximum absolute atomic E-state index is 11.3. The first-order chi connectivity index (χ1) is 8.13. The molecular formula is C12H17N3O2. The summed E-state index contributed by atoms with van der Waals surface area (Å²) in [6.07, 6.45) is 6.66. The van der Waals surface area contributed by atoms with Crippen molar-refractivity contribution in [2.75, 3.05) is 0 Å². The average Bonchev–Trinajstić information content (AvgIpc) is 2.23. The van der Waals surface area contributed by atoms with Gasteiger partial charge in [-0.05, 0) is 67.2 Å². The van der Waals surface area contributed by atoms with Crippen molar-refractivity contribution in [3.63, 3.8) is 0 Å². The van der Waals surface area contributed by atoms with Gasteiger partial charge in [0.25, 0.3) is 0 Å². The van der Waals surface area contributed by atoms with Gasteiger partial charge in [0, 0.05) is 4.91 Å². The lowest BCUT2D eigenvalue weighted by Gasteiger charge is -2.58. The molecular weight excluding hydrogens is 218 g/mol. The van der Waals surface area contributed by atoms with Gasteiger partial charge in [-0.1, -0.05) is 5.11 Å². The van der Waals surface area contributed by atoms with Crippen molar-refractivity contribution in [1.29, 1.82) is 0 Å². The Morgan fingerprint density at radius 3 is 2.06 bits per heavy atom. The van der Waals surface area contributed by atoms with Gasteiger partial charge < -0.3 is 5.11 Å². The Labute approximate surface area is 99.8 Å². The fourth-order valence-electron chi connectivity index (χ4n) is 5.00. The molecule has 0 spiro atoms. The number of hydrogen-bond acceptors (Lipinski definition) is 2. The van der Waals surface area contributed by atoms with Crippen molar-refractivity contribution in [2.45, 2.75) is 44.6 Å². The SMILES string of the molecule is [N-]=[N+]=N[C@H](C(=O)O)C12CC3CC(CC(C3)C1)C2. The molecule has 1 N–H and O–H groups in total. The van der Waals surface area contributed by atoms with Crippen molar-refractivity contribution in [3.05, 3.63) is 10.4 Å². The van der Waals surface area contributed by atoms with Crippen LogP contribution in [0.4, 0.5) is 0 Å². The van der Waals surface area contributed by atoms with Crippen LogP contribution in [0, 0.1) is 23.2 Å². The lowest BCUT2D eigenvalue weighted by atomic mass is 9.48. The summed E-state index contributed by atoms with van der Waals surface area (Å²) in [7, 11) is 0. The molecule has 4 bridgehead atoms. The molecule has 4 saturated carbocycles. The summed E-state index contributed by atoms with van der Waals surface area (Å²) in [6.45, 7) is 0. The molecule has 0 aromatic rings. The highest BCUT2D eigenvalue weighted by molar-refractivity contribution is 5.75. The van der Waals surface area contributed by atoms with Crippen molar-refractivity contribution < 1.29 is 9.90 Å². The van der Waals surface area contributed by atoms with Gasteiger partial charge in [-0.25, -0.2) is 0 Å². The third-order valence-corrected chi connectivity index (χ3v) is 5.07. The maximum Gasteiger partial charge on any atom is 0.313 e. The summed E-state index contributed by atoms with van der Waals surface area (Å²) in [6, 6.07) is -0.846. The molecule has 5 heteroatoms. The molecule has 0 aromatic carbocycles. The zero-order chi connectivity index (χ0) is 12.0. The Balaban J connectivity index is 1.94. The minimum Gasteiger partial charge on any atom is -0.481 e.